The molecule has 3 atom stereocenters. The van der Waals surface area contributed by atoms with Gasteiger partial charge in [-0.15, -0.1) is 0 Å². The van der Waals surface area contributed by atoms with Crippen LogP contribution >= 0.6 is 7.82 Å². The van der Waals surface area contributed by atoms with Crippen molar-refractivity contribution in [2.24, 2.45) is 0 Å². The summed E-state index contributed by atoms with van der Waals surface area (Å²) >= 11 is 0. The molecule has 1 aliphatic rings. The predicted molar refractivity (Wildman–Crippen MR) is 65.4 cm³/mol. The lowest BCUT2D eigenvalue weighted by molar-refractivity contribution is -0.0450. The molecule has 11 heteroatoms. The van der Waals surface area contributed by atoms with Crippen molar-refractivity contribution in [2.45, 2.75) is 24.7 Å². The molecule has 1 aliphatic heterocycles. The van der Waals surface area contributed by atoms with Crippen LogP contribution in [-0.4, -0.2) is 44.6 Å². The van der Waals surface area contributed by atoms with Crippen LogP contribution in [0.5, 0.6) is 0 Å². The molecule has 1 saturated heterocycles. The van der Waals surface area contributed by atoms with Gasteiger partial charge in [0, 0.05) is 15.3 Å². The van der Waals surface area contributed by atoms with Crippen molar-refractivity contribution in [2.75, 3.05) is 12.3 Å². The second-order valence-electron chi connectivity index (χ2n) is 3.16. The summed E-state index contributed by atoms with van der Waals surface area (Å²) in [5.74, 6) is -1.04. The van der Waals surface area contributed by atoms with Gasteiger partial charge in [0.15, 0.2) is 2.82 Å². The molecule has 0 bridgehead atoms. The van der Waals surface area contributed by atoms with E-state index in [-0.39, 0.29) is 10.3 Å². The van der Waals surface area contributed by atoms with Crippen LogP contribution in [-0.2, 0) is 13.8 Å². The molecule has 0 aromatic carbocycles. The van der Waals surface area contributed by atoms with Gasteiger partial charge in [0.1, 0.15) is 18.1 Å². The van der Waals surface area contributed by atoms with E-state index in [2.05, 4.69) is 19.4 Å². The highest BCUT2D eigenvalue weighted by Gasteiger charge is 2.36. The second-order valence-corrected chi connectivity index (χ2v) is 4.33. The summed E-state index contributed by atoms with van der Waals surface area (Å²) in [6, 6.07) is -1.19. The molecule has 1 aromatic rings. The van der Waals surface area contributed by atoms with Gasteiger partial charge in [-0.3, -0.25) is 9.09 Å². The lowest BCUT2D eigenvalue weighted by Gasteiger charge is -2.16. The highest BCUT2D eigenvalue weighted by molar-refractivity contribution is 7.46. The molecular weight excluding hydrogens is 296 g/mol. The quantitative estimate of drug-likeness (QED) is 0.364. The zero-order valence-electron chi connectivity index (χ0n) is 21.2. The number of nitrogens with zero attached hydrogens (tertiary/aromatic N) is 2. The minimum atomic E-state index is -5.80. The second kappa shape index (κ2) is 5.60. The van der Waals surface area contributed by atoms with Gasteiger partial charge in [-0.2, -0.15) is 4.98 Å². The van der Waals surface area contributed by atoms with E-state index in [0.717, 1.165) is 0 Å². The Kier molecular flexibility index (Phi) is 1.63. The molecule has 1 aromatic heterocycles. The van der Waals surface area contributed by atoms with Crippen LogP contribution in [0.15, 0.2) is 17.0 Å². The molecule has 0 amide bonds. The van der Waals surface area contributed by atoms with Crippen molar-refractivity contribution >= 4 is 13.6 Å². The summed E-state index contributed by atoms with van der Waals surface area (Å²) in [6.45, 7) is -4.17. The largest absolute Gasteiger partial charge is 0.469 e. The Labute approximate surface area is 130 Å². The molecule has 0 radical (unpaired) electrons. The first-order valence-corrected chi connectivity index (χ1v) is 6.16. The normalized spacial score (nSPS) is 49.5. The first-order chi connectivity index (χ1) is 14.1. The number of phosphoric ester groups is 1. The lowest BCUT2D eigenvalue weighted by atomic mass is 10.2. The van der Waals surface area contributed by atoms with Crippen LogP contribution in [0.4, 0.5) is 5.82 Å². The number of aromatic nitrogens is 2. The molecule has 2 heterocycles. The third-order valence-corrected chi connectivity index (χ3v) is 2.09. The molecule has 0 spiro atoms. The van der Waals surface area contributed by atoms with E-state index in [9.17, 15) is 9.36 Å². The Bertz CT molecular complexity index is 1040. The van der Waals surface area contributed by atoms with Crippen LogP contribution in [0.1, 0.15) is 24.9 Å². The maximum atomic E-state index is 12.4. The molecule has 0 aliphatic carbocycles. The number of aliphatic hydroxyl groups is 1. The fraction of sp³-hybridized carbons (Fsp3) is 0.556. The van der Waals surface area contributed by atoms with E-state index in [4.69, 9.17) is 26.4 Å². The summed E-state index contributed by atoms with van der Waals surface area (Å²) in [7, 11) is -5.80. The van der Waals surface area contributed by atoms with Gasteiger partial charge < -0.3 is 25.4 Å². The highest BCUT2D eigenvalue weighted by Crippen LogP contribution is 2.38. The first-order valence-electron chi connectivity index (χ1n) is 10.4. The fourth-order valence-electron chi connectivity index (χ4n) is 1.05. The van der Waals surface area contributed by atoms with E-state index in [1.165, 1.54) is 0 Å². The van der Waals surface area contributed by atoms with Crippen molar-refractivity contribution in [1.82, 2.24) is 9.55 Å². The molecule has 0 unspecified atom stereocenters. The molecule has 0 saturated carbocycles. The van der Waals surface area contributed by atoms with Gasteiger partial charge in [-0.1, -0.05) is 0 Å². The van der Waals surface area contributed by atoms with Gasteiger partial charge in [-0.25, -0.2) is 9.36 Å². The number of ether oxygens (including phenoxy) is 1. The SMILES string of the molecule is [2H]O[C@@]1([2H])C([2H])([2H])[C@]([2H])([15n]2c([2H])c([2H])c([15N]([2H])[2H])[15n]c2=O)O[C@]1([2H])C([2H])([2H])OP(=O)(O)O. The number of nitrogens with two attached hydrogens (primary N) is 1. The number of nitrogen functional groups attached to an aromatic ring is 1. The Morgan fingerprint density at radius 2 is 2.75 bits per heavy atom. The average molecular weight is 322 g/mol. The van der Waals surface area contributed by atoms with Crippen molar-refractivity contribution in [1.29, 1.82) is 1.43 Å². The fourth-order valence-corrected chi connectivity index (χ4v) is 1.25. The minimum absolute atomic E-state index is 0.351. The van der Waals surface area contributed by atoms with Crippen molar-refractivity contribution < 1.29 is 43.9 Å². The Morgan fingerprint density at radius 1 is 1.95 bits per heavy atom. The molecular formula is C9H14N3O7P. The van der Waals surface area contributed by atoms with E-state index in [0.29, 0.717) is 0 Å². The summed E-state index contributed by atoms with van der Waals surface area (Å²) in [6.07, 6.45) is -17.4. The molecule has 2 rings (SSSR count). The molecule has 112 valence electrons. The van der Waals surface area contributed by atoms with Crippen LogP contribution < -0.4 is 11.4 Å². The Hall–Kier alpha value is -1.29. The lowest BCUT2D eigenvalue weighted by Crippen LogP contribution is -2.28. The van der Waals surface area contributed by atoms with E-state index < -0.39 is 62.8 Å². The minimum Gasteiger partial charge on any atom is -0.390 e. The van der Waals surface area contributed by atoms with E-state index >= 15 is 0 Å². The number of phosphoric acid groups is 1. The van der Waals surface area contributed by atoms with Crippen LogP contribution in [0.25, 0.3) is 0 Å². The van der Waals surface area contributed by atoms with Crippen molar-refractivity contribution in [3.05, 3.63) is 22.7 Å². The summed E-state index contributed by atoms with van der Waals surface area (Å²) < 4.78 is 112. The maximum Gasteiger partial charge on any atom is 0.469 e. The van der Waals surface area contributed by atoms with Gasteiger partial charge in [0.05, 0.1) is 22.2 Å². The highest BCUT2D eigenvalue weighted by atomic mass is 31.2. The summed E-state index contributed by atoms with van der Waals surface area (Å²) in [4.78, 5) is 33.3. The third kappa shape index (κ3) is 3.63. The van der Waals surface area contributed by atoms with Crippen molar-refractivity contribution in [3.63, 3.8) is 0 Å². The van der Waals surface area contributed by atoms with Crippen LogP contribution in [0, 0.1) is 0 Å². The van der Waals surface area contributed by atoms with Crippen LogP contribution in [0.3, 0.4) is 0 Å². The van der Waals surface area contributed by atoms with Gasteiger partial charge in [0.25, 0.3) is 0 Å². The molecule has 20 heavy (non-hydrogen) atoms. The van der Waals surface area contributed by atoms with E-state index in [1.807, 2.05) is 0 Å². The number of hydrogen-bond donors (Lipinski definition) is 4. The Morgan fingerprint density at radius 3 is 3.40 bits per heavy atom. The topological polar surface area (TPSA) is 157 Å². The van der Waals surface area contributed by atoms with E-state index in [1.54, 1.807) is 0 Å². The predicted octanol–water partition coefficient (Wildman–Crippen LogP) is -1.42. The molecule has 5 N–H and O–H groups in total. The summed E-state index contributed by atoms with van der Waals surface area (Å²) in [5.41, 5.74) is -2.17. The molecule has 10 nitrogen and oxygen atoms in total. The zero-order valence-corrected chi connectivity index (χ0v) is 10.1. The van der Waals surface area contributed by atoms with Gasteiger partial charge in [-0.05, 0) is 6.04 Å². The number of rotatable bonds is 6. The summed E-state index contributed by atoms with van der Waals surface area (Å²) in [5, 5.41) is 3.84. The first kappa shape index (κ1) is 5.84. The Balaban J connectivity index is 2.90. The van der Waals surface area contributed by atoms with Gasteiger partial charge >= 0.3 is 13.5 Å². The van der Waals surface area contributed by atoms with Crippen molar-refractivity contribution in [3.8, 4) is 0 Å². The average Bonchev–Trinajstić information content (AvgIpc) is 2.72. The van der Waals surface area contributed by atoms with Crippen LogP contribution in [0.2, 0.25) is 2.82 Å². The number of hydrogen-bond acceptors (Lipinski definition) is 7. The third-order valence-electron chi connectivity index (χ3n) is 1.76. The van der Waals surface area contributed by atoms with Gasteiger partial charge in [0.2, 0.25) is 1.43 Å². The monoisotopic (exact) mass is 322 g/mol. The standard InChI is InChI=1S/C9H14N3O7P/c10-7-1-2-12(9(14)11-7)8-3-5(13)6(19-8)4-18-20(15,16)17/h1-2,5-6,8,13H,3-4H2,(H2,10,11,14)(H2,15,16,17)/t5-,6+,8+/m0/s1/i1D,2D,3D2,4D2,5D,6D,8D,10+1,11+1,12+1,13D/hD2. The smallest absolute Gasteiger partial charge is 0.390 e. The molecule has 1 fully saturated rings. The number of anilines is 1. The maximum absolute atomic E-state index is 12.4. The zero-order chi connectivity index (χ0) is 25.3.